The van der Waals surface area contributed by atoms with Crippen LogP contribution in [-0.2, 0) is 5.66 Å². The van der Waals surface area contributed by atoms with Gasteiger partial charge in [0.1, 0.15) is 17.0 Å². The summed E-state index contributed by atoms with van der Waals surface area (Å²) < 4.78 is 5.55. The van der Waals surface area contributed by atoms with Gasteiger partial charge in [0.05, 0.1) is 6.61 Å². The molecule has 1 aliphatic rings. The molecule has 0 saturated carbocycles. The Morgan fingerprint density at radius 2 is 2.09 bits per heavy atom. The van der Waals surface area contributed by atoms with Crippen molar-refractivity contribution in [3.8, 4) is 6.01 Å². The van der Waals surface area contributed by atoms with Crippen molar-refractivity contribution in [1.82, 2.24) is 15.3 Å². The number of hydrogen-bond acceptors (Lipinski definition) is 6. The zero-order valence-electron chi connectivity index (χ0n) is 13.7. The number of fused-ring (bicyclic) bond motifs is 1. The highest BCUT2D eigenvalue weighted by molar-refractivity contribution is 5.99. The molecule has 122 valence electrons. The molecule has 8 nitrogen and oxygen atoms in total. The van der Waals surface area contributed by atoms with E-state index in [4.69, 9.17) is 10.5 Å². The lowest BCUT2D eigenvalue weighted by Gasteiger charge is -2.35. The first-order valence-corrected chi connectivity index (χ1v) is 7.63. The Bertz CT molecular complexity index is 556. The number of guanidine groups is 1. The van der Waals surface area contributed by atoms with Crippen LogP contribution in [0, 0.1) is 0 Å². The molecule has 22 heavy (non-hydrogen) atoms. The summed E-state index contributed by atoms with van der Waals surface area (Å²) in [6.07, 6.45) is 1.85. The van der Waals surface area contributed by atoms with Crippen LogP contribution < -0.4 is 26.4 Å². The fraction of sp³-hybridized carbons (Fsp3) is 0.643. The number of nitrogens with zero attached hydrogens (tertiary/aromatic N) is 3. The second-order valence-corrected chi connectivity index (χ2v) is 5.36. The average Bonchev–Trinajstić information content (AvgIpc) is 2.50. The SMILES string of the molecule is CCCN=C1Nc2c(NC)nc(OCCC)nc2C(C)(N)N1. The summed E-state index contributed by atoms with van der Waals surface area (Å²) in [4.78, 5) is 13.3. The van der Waals surface area contributed by atoms with Gasteiger partial charge in [-0.3, -0.25) is 4.99 Å². The third-order valence-electron chi connectivity index (χ3n) is 3.17. The molecule has 0 aliphatic carbocycles. The minimum Gasteiger partial charge on any atom is -0.463 e. The molecule has 1 atom stereocenters. The minimum absolute atomic E-state index is 0.319. The summed E-state index contributed by atoms with van der Waals surface area (Å²) in [5.41, 5.74) is 6.89. The Kier molecular flexibility index (Phi) is 5.02. The number of hydrogen-bond donors (Lipinski definition) is 4. The van der Waals surface area contributed by atoms with Gasteiger partial charge in [-0.25, -0.2) is 0 Å². The number of aromatic nitrogens is 2. The number of nitrogens with one attached hydrogen (secondary N) is 3. The van der Waals surface area contributed by atoms with Gasteiger partial charge in [-0.1, -0.05) is 13.8 Å². The summed E-state index contributed by atoms with van der Waals surface area (Å²) in [7, 11) is 1.80. The first-order chi connectivity index (χ1) is 10.5. The fourth-order valence-corrected chi connectivity index (χ4v) is 2.13. The lowest BCUT2D eigenvalue weighted by molar-refractivity contribution is 0.288. The van der Waals surface area contributed by atoms with Crippen LogP contribution in [0.4, 0.5) is 11.5 Å². The summed E-state index contributed by atoms with van der Waals surface area (Å²) in [6, 6.07) is 0.319. The maximum atomic E-state index is 6.37. The lowest BCUT2D eigenvalue weighted by Crippen LogP contribution is -2.57. The van der Waals surface area contributed by atoms with Crippen molar-refractivity contribution in [2.24, 2.45) is 10.7 Å². The third kappa shape index (κ3) is 3.38. The second-order valence-electron chi connectivity index (χ2n) is 5.36. The maximum absolute atomic E-state index is 6.37. The zero-order chi connectivity index (χ0) is 16.2. The Balaban J connectivity index is 2.43. The number of aliphatic imine (C=N–C) groups is 1. The Morgan fingerprint density at radius 3 is 2.73 bits per heavy atom. The molecule has 0 radical (unpaired) electrons. The first kappa shape index (κ1) is 16.3. The number of nitrogens with two attached hydrogens (primary N) is 1. The van der Waals surface area contributed by atoms with E-state index in [2.05, 4.69) is 37.8 Å². The highest BCUT2D eigenvalue weighted by Crippen LogP contribution is 2.33. The second kappa shape index (κ2) is 6.78. The summed E-state index contributed by atoms with van der Waals surface area (Å²) >= 11 is 0. The van der Waals surface area contributed by atoms with E-state index in [-0.39, 0.29) is 0 Å². The highest BCUT2D eigenvalue weighted by Gasteiger charge is 2.35. The quantitative estimate of drug-likeness (QED) is 0.625. The molecule has 0 spiro atoms. The lowest BCUT2D eigenvalue weighted by atomic mass is 10.1. The highest BCUT2D eigenvalue weighted by atomic mass is 16.5. The van der Waals surface area contributed by atoms with Gasteiger partial charge in [0, 0.05) is 13.6 Å². The van der Waals surface area contributed by atoms with E-state index < -0.39 is 5.66 Å². The van der Waals surface area contributed by atoms with Gasteiger partial charge in [0.2, 0.25) is 0 Å². The van der Waals surface area contributed by atoms with E-state index in [1.54, 1.807) is 7.05 Å². The van der Waals surface area contributed by atoms with Crippen molar-refractivity contribution >= 4 is 17.5 Å². The molecular weight excluding hydrogens is 282 g/mol. The number of ether oxygens (including phenoxy) is 1. The summed E-state index contributed by atoms with van der Waals surface area (Å²) in [6.45, 7) is 7.23. The summed E-state index contributed by atoms with van der Waals surface area (Å²) in [5, 5.41) is 9.42. The molecule has 1 aliphatic heterocycles. The molecule has 0 fully saturated rings. The maximum Gasteiger partial charge on any atom is 0.318 e. The van der Waals surface area contributed by atoms with Crippen molar-refractivity contribution in [2.45, 2.75) is 39.3 Å². The average molecular weight is 307 g/mol. The van der Waals surface area contributed by atoms with Gasteiger partial charge < -0.3 is 26.4 Å². The van der Waals surface area contributed by atoms with Crippen molar-refractivity contribution in [1.29, 1.82) is 0 Å². The largest absolute Gasteiger partial charge is 0.463 e. The standard InChI is InChI=1S/C14H25N7O/c1-5-7-17-12-18-9-10(14(3,15)21-12)19-13(22-8-6-2)20-11(9)16-4/h5-8,15H2,1-4H3,(H,16,19,20)(H2,17,18,21). The van der Waals surface area contributed by atoms with Crippen LogP contribution in [-0.4, -0.2) is 36.1 Å². The molecule has 2 rings (SSSR count). The van der Waals surface area contributed by atoms with Crippen molar-refractivity contribution in [3.63, 3.8) is 0 Å². The number of anilines is 2. The van der Waals surface area contributed by atoms with Crippen LogP contribution in [0.1, 0.15) is 39.3 Å². The van der Waals surface area contributed by atoms with Gasteiger partial charge in [0.15, 0.2) is 11.8 Å². The predicted octanol–water partition coefficient (Wildman–Crippen LogP) is 1.22. The van der Waals surface area contributed by atoms with E-state index in [0.717, 1.165) is 18.5 Å². The normalized spacial score (nSPS) is 21.8. The van der Waals surface area contributed by atoms with Gasteiger partial charge >= 0.3 is 6.01 Å². The molecular formula is C14H25N7O. The monoisotopic (exact) mass is 307 g/mol. The molecule has 0 aromatic carbocycles. The van der Waals surface area contributed by atoms with Crippen LogP contribution >= 0.6 is 0 Å². The fourth-order valence-electron chi connectivity index (χ4n) is 2.13. The molecule has 1 aromatic heterocycles. The van der Waals surface area contributed by atoms with E-state index in [0.29, 0.717) is 36.6 Å². The van der Waals surface area contributed by atoms with Crippen LogP contribution in [0.5, 0.6) is 6.01 Å². The Hall–Kier alpha value is -2.09. The third-order valence-corrected chi connectivity index (χ3v) is 3.17. The van der Waals surface area contributed by atoms with Crippen LogP contribution in [0.3, 0.4) is 0 Å². The van der Waals surface area contributed by atoms with Crippen LogP contribution in [0.2, 0.25) is 0 Å². The van der Waals surface area contributed by atoms with Gasteiger partial charge in [-0.15, -0.1) is 0 Å². The van der Waals surface area contributed by atoms with Gasteiger partial charge in [-0.05, 0) is 19.8 Å². The molecule has 0 amide bonds. The Labute approximate surface area is 131 Å². The molecule has 1 unspecified atom stereocenters. The first-order valence-electron chi connectivity index (χ1n) is 7.63. The van der Waals surface area contributed by atoms with E-state index in [9.17, 15) is 0 Å². The molecule has 0 saturated heterocycles. The predicted molar refractivity (Wildman–Crippen MR) is 88.3 cm³/mol. The summed E-state index contributed by atoms with van der Waals surface area (Å²) in [5.74, 6) is 1.26. The molecule has 8 heteroatoms. The van der Waals surface area contributed by atoms with Gasteiger partial charge in [-0.2, -0.15) is 9.97 Å². The topological polar surface area (TPSA) is 109 Å². The van der Waals surface area contributed by atoms with Crippen molar-refractivity contribution < 1.29 is 4.74 Å². The van der Waals surface area contributed by atoms with Crippen molar-refractivity contribution in [3.05, 3.63) is 5.69 Å². The van der Waals surface area contributed by atoms with Crippen LogP contribution in [0.25, 0.3) is 0 Å². The molecule has 5 N–H and O–H groups in total. The zero-order valence-corrected chi connectivity index (χ0v) is 13.7. The van der Waals surface area contributed by atoms with E-state index >= 15 is 0 Å². The molecule has 2 heterocycles. The van der Waals surface area contributed by atoms with E-state index in [1.165, 1.54) is 0 Å². The smallest absolute Gasteiger partial charge is 0.318 e. The van der Waals surface area contributed by atoms with Crippen molar-refractivity contribution in [2.75, 3.05) is 30.8 Å². The van der Waals surface area contributed by atoms with Gasteiger partial charge in [0.25, 0.3) is 0 Å². The molecule has 0 bridgehead atoms. The van der Waals surface area contributed by atoms with E-state index in [1.807, 2.05) is 13.8 Å². The molecule has 1 aromatic rings. The Morgan fingerprint density at radius 1 is 1.32 bits per heavy atom. The number of rotatable bonds is 6. The van der Waals surface area contributed by atoms with Crippen LogP contribution in [0.15, 0.2) is 4.99 Å². The minimum atomic E-state index is -0.855.